The highest BCUT2D eigenvalue weighted by atomic mass is 16.2. The minimum Gasteiger partial charge on any atom is -0.336 e. The van der Waals surface area contributed by atoms with Gasteiger partial charge in [0.1, 0.15) is 6.17 Å². The third-order valence-corrected chi connectivity index (χ3v) is 8.30. The van der Waals surface area contributed by atoms with Crippen molar-refractivity contribution in [1.29, 1.82) is 0 Å². The number of amides is 2. The van der Waals surface area contributed by atoms with E-state index in [1.165, 1.54) is 141 Å². The molecule has 0 aliphatic rings. The summed E-state index contributed by atoms with van der Waals surface area (Å²) in [6.45, 7) is 6.42. The van der Waals surface area contributed by atoms with E-state index in [1.54, 1.807) is 0 Å². The standard InChI is InChI=1S/C39H73N2O2/c1-4-7-9-11-13-15-17-19-21-23-25-27-29-31-33-35-38(42)40-37(6-3)41-39(43)36-34-32-30-28-26-24-22-20-18-16-14-12-10-8-5-2/h6,19-22,37H,4-5,7-18,23-36H2,1-3H3,(H,40,42)(H,41,43)/b21-19-,22-20-. The number of hydrogen-bond acceptors (Lipinski definition) is 2. The Balaban J connectivity index is 3.59. The maximum Gasteiger partial charge on any atom is 0.221 e. The molecule has 43 heavy (non-hydrogen) atoms. The Bertz CT molecular complexity index is 604. The molecule has 2 N–H and O–H groups in total. The summed E-state index contributed by atoms with van der Waals surface area (Å²) < 4.78 is 0. The molecule has 0 fully saturated rings. The van der Waals surface area contributed by atoms with E-state index in [-0.39, 0.29) is 18.0 Å². The Kier molecular flexibility index (Phi) is 33.6. The summed E-state index contributed by atoms with van der Waals surface area (Å²) in [4.78, 5) is 24.7. The minimum atomic E-state index is -0.369. The van der Waals surface area contributed by atoms with Gasteiger partial charge < -0.3 is 10.6 Å². The smallest absolute Gasteiger partial charge is 0.221 e. The van der Waals surface area contributed by atoms with E-state index in [9.17, 15) is 9.59 Å². The van der Waals surface area contributed by atoms with E-state index in [2.05, 4.69) is 48.8 Å². The van der Waals surface area contributed by atoms with Crippen LogP contribution >= 0.6 is 0 Å². The molecule has 0 rings (SSSR count). The molecule has 0 aromatic heterocycles. The van der Waals surface area contributed by atoms with E-state index in [0.29, 0.717) is 12.8 Å². The molecule has 0 aromatic rings. The van der Waals surface area contributed by atoms with Crippen molar-refractivity contribution in [2.45, 2.75) is 207 Å². The van der Waals surface area contributed by atoms with E-state index in [1.807, 2.05) is 13.3 Å². The molecule has 4 nitrogen and oxygen atoms in total. The van der Waals surface area contributed by atoms with Crippen LogP contribution in [-0.2, 0) is 9.59 Å². The molecule has 0 aliphatic carbocycles. The van der Waals surface area contributed by atoms with Crippen LogP contribution < -0.4 is 10.6 Å². The summed E-state index contributed by atoms with van der Waals surface area (Å²) in [5.41, 5.74) is 0. The van der Waals surface area contributed by atoms with E-state index < -0.39 is 0 Å². The van der Waals surface area contributed by atoms with Crippen molar-refractivity contribution in [3.8, 4) is 0 Å². The van der Waals surface area contributed by atoms with Crippen molar-refractivity contribution in [2.24, 2.45) is 0 Å². The first-order valence-electron chi connectivity index (χ1n) is 18.8. The van der Waals surface area contributed by atoms with Crippen LogP contribution in [0.15, 0.2) is 24.3 Å². The molecule has 0 atom stereocenters. The van der Waals surface area contributed by atoms with E-state index >= 15 is 0 Å². The van der Waals surface area contributed by atoms with Crippen LogP contribution in [0.1, 0.15) is 201 Å². The number of allylic oxidation sites excluding steroid dienone is 4. The van der Waals surface area contributed by atoms with Gasteiger partial charge in [0.25, 0.3) is 0 Å². The SMILES string of the molecule is C[CH]C(NC(=O)CCCCCCC/C=C\CCCCCCCC)NC(=O)CCCCCCC/C=C\CCCCCCCC. The van der Waals surface area contributed by atoms with E-state index in [0.717, 1.165) is 25.7 Å². The van der Waals surface area contributed by atoms with Crippen LogP contribution in [0.5, 0.6) is 0 Å². The van der Waals surface area contributed by atoms with Crippen molar-refractivity contribution in [3.63, 3.8) is 0 Å². The average Bonchev–Trinajstić information content (AvgIpc) is 3.00. The monoisotopic (exact) mass is 602 g/mol. The van der Waals surface area contributed by atoms with Gasteiger partial charge in [-0.3, -0.25) is 9.59 Å². The topological polar surface area (TPSA) is 58.2 Å². The predicted molar refractivity (Wildman–Crippen MR) is 189 cm³/mol. The highest BCUT2D eigenvalue weighted by Crippen LogP contribution is 2.12. The first-order valence-corrected chi connectivity index (χ1v) is 18.8. The van der Waals surface area contributed by atoms with Crippen LogP contribution in [0.4, 0.5) is 0 Å². The Morgan fingerprint density at radius 2 is 0.721 bits per heavy atom. The lowest BCUT2D eigenvalue weighted by molar-refractivity contribution is -0.124. The highest BCUT2D eigenvalue weighted by molar-refractivity contribution is 5.79. The molecule has 251 valence electrons. The Labute approximate surface area is 269 Å². The molecule has 0 heterocycles. The zero-order valence-electron chi connectivity index (χ0n) is 29.1. The summed E-state index contributed by atoms with van der Waals surface area (Å²) in [5.74, 6) is 0.0594. The van der Waals surface area contributed by atoms with Crippen LogP contribution in [-0.4, -0.2) is 18.0 Å². The van der Waals surface area contributed by atoms with Gasteiger partial charge in [-0.1, -0.05) is 148 Å². The summed E-state index contributed by atoms with van der Waals surface area (Å²) in [6, 6.07) is 0. The lowest BCUT2D eigenvalue weighted by Crippen LogP contribution is -2.47. The van der Waals surface area contributed by atoms with Crippen molar-refractivity contribution in [2.75, 3.05) is 0 Å². The van der Waals surface area contributed by atoms with Crippen LogP contribution in [0, 0.1) is 6.42 Å². The molecule has 0 aromatic carbocycles. The second-order valence-electron chi connectivity index (χ2n) is 12.6. The van der Waals surface area contributed by atoms with Gasteiger partial charge >= 0.3 is 0 Å². The largest absolute Gasteiger partial charge is 0.336 e. The molecular weight excluding hydrogens is 528 g/mol. The lowest BCUT2D eigenvalue weighted by Gasteiger charge is -2.18. The zero-order valence-corrected chi connectivity index (χ0v) is 29.1. The van der Waals surface area contributed by atoms with Crippen molar-refractivity contribution < 1.29 is 9.59 Å². The molecule has 0 saturated carbocycles. The minimum absolute atomic E-state index is 0.0297. The van der Waals surface area contributed by atoms with Gasteiger partial charge in [-0.05, 0) is 64.2 Å². The summed E-state index contributed by atoms with van der Waals surface area (Å²) in [5, 5.41) is 5.92. The molecule has 0 bridgehead atoms. The molecule has 2 amide bonds. The van der Waals surface area contributed by atoms with E-state index in [4.69, 9.17) is 0 Å². The second kappa shape index (κ2) is 34.9. The van der Waals surface area contributed by atoms with Crippen LogP contribution in [0.3, 0.4) is 0 Å². The summed E-state index contributed by atoms with van der Waals surface area (Å²) in [7, 11) is 0. The fourth-order valence-corrected chi connectivity index (χ4v) is 5.41. The Morgan fingerprint density at radius 3 is 1.02 bits per heavy atom. The lowest BCUT2D eigenvalue weighted by atomic mass is 10.1. The molecule has 0 spiro atoms. The number of carbonyl (C=O) groups excluding carboxylic acids is 2. The first kappa shape index (κ1) is 41.4. The normalized spacial score (nSPS) is 11.7. The Hall–Kier alpha value is -1.58. The van der Waals surface area contributed by atoms with Crippen molar-refractivity contribution in [3.05, 3.63) is 30.7 Å². The number of rotatable bonds is 33. The molecule has 0 aliphatic heterocycles. The molecule has 4 heteroatoms. The average molecular weight is 602 g/mol. The molecular formula is C39H73N2O2. The van der Waals surface area contributed by atoms with Gasteiger partial charge in [0.2, 0.25) is 11.8 Å². The third-order valence-electron chi connectivity index (χ3n) is 8.30. The molecule has 0 saturated heterocycles. The number of unbranched alkanes of at least 4 members (excludes halogenated alkanes) is 22. The van der Waals surface area contributed by atoms with Gasteiger partial charge in [-0.25, -0.2) is 0 Å². The first-order chi connectivity index (χ1) is 21.1. The van der Waals surface area contributed by atoms with Crippen LogP contribution in [0.25, 0.3) is 0 Å². The van der Waals surface area contributed by atoms with Crippen molar-refractivity contribution >= 4 is 11.8 Å². The van der Waals surface area contributed by atoms with Gasteiger partial charge in [-0.15, -0.1) is 0 Å². The van der Waals surface area contributed by atoms with Crippen molar-refractivity contribution in [1.82, 2.24) is 10.6 Å². The molecule has 1 radical (unpaired) electrons. The summed E-state index contributed by atoms with van der Waals surface area (Å²) >= 11 is 0. The number of nitrogens with one attached hydrogen (secondary N) is 2. The van der Waals surface area contributed by atoms with Crippen LogP contribution in [0.2, 0.25) is 0 Å². The fourth-order valence-electron chi connectivity index (χ4n) is 5.41. The van der Waals surface area contributed by atoms with Gasteiger partial charge in [0.05, 0.1) is 0 Å². The quantitative estimate of drug-likeness (QED) is 0.0446. The van der Waals surface area contributed by atoms with Gasteiger partial charge in [-0.2, -0.15) is 0 Å². The molecule has 0 unspecified atom stereocenters. The second-order valence-corrected chi connectivity index (χ2v) is 12.6. The zero-order chi connectivity index (χ0) is 31.5. The number of carbonyl (C=O) groups is 2. The third kappa shape index (κ3) is 33.2. The maximum atomic E-state index is 12.3. The maximum absolute atomic E-state index is 12.3. The Morgan fingerprint density at radius 1 is 0.442 bits per heavy atom. The highest BCUT2D eigenvalue weighted by Gasteiger charge is 2.13. The fraction of sp³-hybridized carbons (Fsp3) is 0.821. The predicted octanol–water partition coefficient (Wildman–Crippen LogP) is 11.8. The van der Waals surface area contributed by atoms with Gasteiger partial charge in [0, 0.05) is 19.3 Å². The number of hydrogen-bond donors (Lipinski definition) is 2. The summed E-state index contributed by atoms with van der Waals surface area (Å²) in [6.07, 6.45) is 44.6. The van der Waals surface area contributed by atoms with Gasteiger partial charge in [0.15, 0.2) is 0 Å².